The Bertz CT molecular complexity index is 1630. The Balaban J connectivity index is 1.16. The van der Waals surface area contributed by atoms with Crippen molar-refractivity contribution in [3.63, 3.8) is 0 Å². The molecule has 4 fully saturated rings. The summed E-state index contributed by atoms with van der Waals surface area (Å²) in [6.07, 6.45) is 1.51. The molecule has 274 valence electrons. The Morgan fingerprint density at radius 1 is 1.06 bits per heavy atom. The Morgan fingerprint density at radius 3 is 2.43 bits per heavy atom. The highest BCUT2D eigenvalue weighted by Gasteiger charge is 2.76. The second-order valence-electron chi connectivity index (χ2n) is 15.0. The highest BCUT2D eigenvalue weighted by molar-refractivity contribution is 5.93. The van der Waals surface area contributed by atoms with Crippen LogP contribution in [0.3, 0.4) is 0 Å². The average Bonchev–Trinajstić information content (AvgIpc) is 3.76. The number of carbonyl (C=O) groups is 3. The third-order valence-electron chi connectivity index (χ3n) is 10.3. The maximum absolute atomic E-state index is 14.7. The Morgan fingerprint density at radius 2 is 1.76 bits per heavy atom. The molecular formula is C38H46N2O11. The van der Waals surface area contributed by atoms with Crippen LogP contribution in [-0.2, 0) is 62.3 Å². The van der Waals surface area contributed by atoms with Gasteiger partial charge in [0.15, 0.2) is 11.8 Å². The van der Waals surface area contributed by atoms with Gasteiger partial charge in [-0.05, 0) is 55.5 Å². The maximum atomic E-state index is 14.7. The van der Waals surface area contributed by atoms with Crippen LogP contribution in [0.2, 0.25) is 0 Å². The molecule has 7 unspecified atom stereocenters. The molecule has 2 aliphatic carbocycles. The van der Waals surface area contributed by atoms with Crippen LogP contribution in [0.4, 0.5) is 0 Å². The van der Waals surface area contributed by atoms with Crippen molar-refractivity contribution in [1.29, 1.82) is 0 Å². The van der Waals surface area contributed by atoms with Gasteiger partial charge in [-0.3, -0.25) is 19.2 Å². The third-order valence-corrected chi connectivity index (χ3v) is 10.3. The number of carbonyl (C=O) groups excluding carboxylic acids is 3. The summed E-state index contributed by atoms with van der Waals surface area (Å²) in [7, 11) is 0. The van der Waals surface area contributed by atoms with Crippen LogP contribution >= 0.6 is 0 Å². The van der Waals surface area contributed by atoms with Crippen LogP contribution in [0, 0.1) is 5.41 Å². The molecule has 2 bridgehead atoms. The van der Waals surface area contributed by atoms with E-state index in [1.54, 1.807) is 26.8 Å². The van der Waals surface area contributed by atoms with Crippen LogP contribution < -0.4 is 5.32 Å². The van der Waals surface area contributed by atoms with Gasteiger partial charge in [-0.25, -0.2) is 0 Å². The summed E-state index contributed by atoms with van der Waals surface area (Å²) in [6.45, 7) is 5.19. The van der Waals surface area contributed by atoms with Gasteiger partial charge in [0.05, 0.1) is 32.1 Å². The first kappa shape index (κ1) is 35.5. The van der Waals surface area contributed by atoms with E-state index in [0.29, 0.717) is 12.8 Å². The van der Waals surface area contributed by atoms with Crippen molar-refractivity contribution >= 4 is 23.9 Å². The first-order valence-corrected chi connectivity index (χ1v) is 17.6. The second-order valence-corrected chi connectivity index (χ2v) is 15.0. The fourth-order valence-electron chi connectivity index (χ4n) is 8.13. The SMILES string of the molecule is CC(C)(C)OC(=O)CCC(CO)NC(=O)C12CC3OC(=O)C1N(Cc1ccc(C=COCCO)cc1)OC2C1OC2(Cc4ccccc4C2)OC31. The zero-order valence-corrected chi connectivity index (χ0v) is 29.1. The smallest absolute Gasteiger partial charge is 0.327 e. The van der Waals surface area contributed by atoms with Gasteiger partial charge in [-0.2, -0.15) is 5.06 Å². The molecule has 1 amide bonds. The number of benzene rings is 2. The van der Waals surface area contributed by atoms with Gasteiger partial charge in [-0.15, -0.1) is 0 Å². The summed E-state index contributed by atoms with van der Waals surface area (Å²) in [6, 6.07) is 13.7. The number of ether oxygens (including phenoxy) is 5. The highest BCUT2D eigenvalue weighted by atomic mass is 16.8. The molecule has 3 aliphatic heterocycles. The van der Waals surface area contributed by atoms with E-state index >= 15 is 0 Å². The molecule has 1 saturated carbocycles. The molecule has 3 N–H and O–H groups in total. The van der Waals surface area contributed by atoms with E-state index in [-0.39, 0.29) is 39.0 Å². The predicted octanol–water partition coefficient (Wildman–Crippen LogP) is 2.34. The van der Waals surface area contributed by atoms with E-state index in [4.69, 9.17) is 33.6 Å². The highest BCUT2D eigenvalue weighted by Crippen LogP contribution is 2.58. The molecule has 13 heteroatoms. The molecule has 7 atom stereocenters. The van der Waals surface area contributed by atoms with Crippen LogP contribution in [0.15, 0.2) is 54.8 Å². The minimum Gasteiger partial charge on any atom is -0.499 e. The van der Waals surface area contributed by atoms with E-state index in [9.17, 15) is 19.5 Å². The normalized spacial score (nSPS) is 29.4. The van der Waals surface area contributed by atoms with E-state index in [0.717, 1.165) is 22.3 Å². The van der Waals surface area contributed by atoms with Crippen molar-refractivity contribution < 1.29 is 53.1 Å². The molecule has 5 aliphatic rings. The van der Waals surface area contributed by atoms with E-state index in [2.05, 4.69) is 5.32 Å². The summed E-state index contributed by atoms with van der Waals surface area (Å²) < 4.78 is 30.2. The van der Waals surface area contributed by atoms with Gasteiger partial charge in [-0.1, -0.05) is 48.5 Å². The Kier molecular flexibility index (Phi) is 9.72. The van der Waals surface area contributed by atoms with Crippen LogP contribution in [0.5, 0.6) is 0 Å². The quantitative estimate of drug-likeness (QED) is 0.168. The molecule has 2 aromatic rings. The van der Waals surface area contributed by atoms with Gasteiger partial charge < -0.3 is 39.2 Å². The van der Waals surface area contributed by atoms with Gasteiger partial charge in [0, 0.05) is 25.7 Å². The molecule has 13 nitrogen and oxygen atoms in total. The van der Waals surface area contributed by atoms with Crippen LogP contribution in [0.25, 0.3) is 6.08 Å². The van der Waals surface area contributed by atoms with Crippen molar-refractivity contribution in [2.45, 2.75) is 107 Å². The lowest BCUT2D eigenvalue weighted by molar-refractivity contribution is -0.217. The lowest BCUT2D eigenvalue weighted by Crippen LogP contribution is -2.70. The van der Waals surface area contributed by atoms with Crippen molar-refractivity contribution in [3.05, 3.63) is 77.0 Å². The molecule has 7 rings (SSSR count). The minimum absolute atomic E-state index is 0.0145. The number of nitrogens with zero attached hydrogens (tertiary/aromatic N) is 1. The first-order chi connectivity index (χ1) is 24.4. The van der Waals surface area contributed by atoms with E-state index in [1.165, 1.54) is 11.3 Å². The molecule has 3 saturated heterocycles. The Labute approximate surface area is 296 Å². The van der Waals surface area contributed by atoms with Crippen LogP contribution in [0.1, 0.15) is 62.3 Å². The Hall–Kier alpha value is -3.85. The molecule has 51 heavy (non-hydrogen) atoms. The maximum Gasteiger partial charge on any atom is 0.327 e. The van der Waals surface area contributed by atoms with Crippen molar-refractivity contribution in [1.82, 2.24) is 10.4 Å². The number of hydroxylamine groups is 2. The summed E-state index contributed by atoms with van der Waals surface area (Å²) in [5.74, 6) is -2.51. The lowest BCUT2D eigenvalue weighted by atomic mass is 9.62. The third kappa shape index (κ3) is 6.90. The number of fused-ring (bicyclic) bond motifs is 5. The summed E-state index contributed by atoms with van der Waals surface area (Å²) in [5.41, 5.74) is 1.81. The lowest BCUT2D eigenvalue weighted by Gasteiger charge is -2.49. The van der Waals surface area contributed by atoms with Gasteiger partial charge >= 0.3 is 11.9 Å². The summed E-state index contributed by atoms with van der Waals surface area (Å²) in [4.78, 5) is 47.8. The van der Waals surface area contributed by atoms with Crippen molar-refractivity contribution in [3.8, 4) is 0 Å². The molecule has 2 aromatic carbocycles. The number of nitrogens with one attached hydrogen (secondary N) is 1. The first-order valence-electron chi connectivity index (χ1n) is 17.6. The topological polar surface area (TPSA) is 162 Å². The van der Waals surface area contributed by atoms with E-state index < -0.39 is 77.8 Å². The van der Waals surface area contributed by atoms with Gasteiger partial charge in [0.1, 0.15) is 42.0 Å². The monoisotopic (exact) mass is 706 g/mol. The zero-order valence-electron chi connectivity index (χ0n) is 29.1. The van der Waals surface area contributed by atoms with Crippen molar-refractivity contribution in [2.75, 3.05) is 19.8 Å². The number of amides is 1. The number of aliphatic hydroxyl groups is 2. The molecule has 1 spiro atoms. The zero-order chi connectivity index (χ0) is 36.0. The number of rotatable bonds is 12. The largest absolute Gasteiger partial charge is 0.499 e. The van der Waals surface area contributed by atoms with Gasteiger partial charge in [0.25, 0.3) is 0 Å². The number of esters is 2. The standard InChI is InChI=1S/C38H46N2O11/c1-36(2,3)48-29(43)13-12-27(22-42)39-35(45)38-20-28-30-31(50-37(49-30)18-25-6-4-5-7-26(25)19-37)33(38)51-40(32(38)34(44)47-28)21-24-10-8-23(9-11-24)14-16-46-17-15-41/h4-11,14,16,27-28,30-33,41-42H,12-13,15,17-22H2,1-3H3,(H,39,45). The minimum atomic E-state index is -1.44. The molecule has 0 aromatic heterocycles. The van der Waals surface area contributed by atoms with Crippen molar-refractivity contribution in [2.24, 2.45) is 5.41 Å². The fourth-order valence-corrected chi connectivity index (χ4v) is 8.13. The average molecular weight is 707 g/mol. The second kappa shape index (κ2) is 13.9. The fraction of sp³-hybridized carbons (Fsp3) is 0.553. The molecular weight excluding hydrogens is 660 g/mol. The molecule has 0 radical (unpaired) electrons. The van der Waals surface area contributed by atoms with E-state index in [1.807, 2.05) is 48.5 Å². The van der Waals surface area contributed by atoms with Crippen LogP contribution in [-0.4, -0.2) is 101 Å². The van der Waals surface area contributed by atoms with Gasteiger partial charge in [0.2, 0.25) is 5.91 Å². The summed E-state index contributed by atoms with van der Waals surface area (Å²) in [5, 5.41) is 23.7. The molecule has 3 heterocycles. The number of aliphatic hydroxyl groups excluding tert-OH is 2. The number of hydrogen-bond acceptors (Lipinski definition) is 12. The summed E-state index contributed by atoms with van der Waals surface area (Å²) >= 11 is 0. The number of hydrogen-bond donors (Lipinski definition) is 3. The predicted molar refractivity (Wildman–Crippen MR) is 180 cm³/mol.